The minimum absolute atomic E-state index is 0.336. The highest BCUT2D eigenvalue weighted by atomic mass is 16.4. The number of rotatable bonds is 7. The van der Waals surface area contributed by atoms with Crippen LogP contribution in [0, 0.1) is 5.41 Å². The Kier molecular flexibility index (Phi) is 6.14. The third-order valence-electron chi connectivity index (χ3n) is 4.07. The summed E-state index contributed by atoms with van der Waals surface area (Å²) in [5.41, 5.74) is -1.98. The summed E-state index contributed by atoms with van der Waals surface area (Å²) < 4.78 is 0. The summed E-state index contributed by atoms with van der Waals surface area (Å²) in [4.78, 5) is 23.7. The molecule has 0 spiro atoms. The summed E-state index contributed by atoms with van der Waals surface area (Å²) in [6, 6.07) is 1.54. The second kappa shape index (κ2) is 7.45. The molecule has 1 rings (SSSR count). The molecule has 8 nitrogen and oxygen atoms in total. The van der Waals surface area contributed by atoms with Crippen molar-refractivity contribution in [2.24, 2.45) is 5.41 Å². The third kappa shape index (κ3) is 4.44. The molecule has 8 heteroatoms. The summed E-state index contributed by atoms with van der Waals surface area (Å²) in [5.74, 6) is -0.350. The average Bonchev–Trinajstić information content (AvgIpc) is 2.93. The van der Waals surface area contributed by atoms with Crippen LogP contribution in [0.15, 0.2) is 12.3 Å². The van der Waals surface area contributed by atoms with Crippen molar-refractivity contribution in [3.8, 4) is 0 Å². The molecule has 0 fully saturated rings. The smallest absolute Gasteiger partial charge is 0.405 e. The molecule has 23 heavy (non-hydrogen) atoms. The first-order valence-electron chi connectivity index (χ1n) is 7.63. The summed E-state index contributed by atoms with van der Waals surface area (Å²) in [6.45, 7) is 7.35. The van der Waals surface area contributed by atoms with Crippen LogP contribution in [0.3, 0.4) is 0 Å². The molecular formula is C15H26N4O4. The molecule has 1 aromatic rings. The van der Waals surface area contributed by atoms with Gasteiger partial charge in [-0.3, -0.25) is 9.89 Å². The predicted octanol–water partition coefficient (Wildman–Crippen LogP) is 1.95. The molecule has 5 N–H and O–H groups in total. The molecule has 0 aliphatic rings. The minimum atomic E-state index is -1.55. The molecule has 0 radical (unpaired) electrons. The molecule has 0 aliphatic carbocycles. The number of amides is 2. The maximum atomic E-state index is 12.4. The van der Waals surface area contributed by atoms with Crippen molar-refractivity contribution >= 4 is 17.8 Å². The van der Waals surface area contributed by atoms with Gasteiger partial charge in [0.25, 0.3) is 5.91 Å². The fourth-order valence-electron chi connectivity index (χ4n) is 2.64. The van der Waals surface area contributed by atoms with E-state index in [0.29, 0.717) is 18.7 Å². The molecule has 0 aromatic carbocycles. The number of nitrogens with zero attached hydrogens (tertiary/aromatic N) is 1. The van der Waals surface area contributed by atoms with Gasteiger partial charge in [0.15, 0.2) is 6.10 Å². The normalized spacial score (nSPS) is 15.5. The second-order valence-corrected chi connectivity index (χ2v) is 6.62. The Balaban J connectivity index is 3.13. The number of anilines is 1. The first kappa shape index (κ1) is 19.0. The van der Waals surface area contributed by atoms with E-state index in [1.165, 1.54) is 6.20 Å². The maximum absolute atomic E-state index is 12.4. The third-order valence-corrected chi connectivity index (χ3v) is 4.07. The zero-order chi connectivity index (χ0) is 17.7. The number of carboxylic acid groups (broad SMARTS) is 1. The van der Waals surface area contributed by atoms with Crippen LogP contribution in [0.25, 0.3) is 0 Å². The van der Waals surface area contributed by atoms with Crippen molar-refractivity contribution in [1.82, 2.24) is 15.5 Å². The van der Waals surface area contributed by atoms with E-state index in [1.807, 2.05) is 6.92 Å². The zero-order valence-electron chi connectivity index (χ0n) is 14.0. The minimum Gasteiger partial charge on any atom is -0.465 e. The Morgan fingerprint density at radius 1 is 1.39 bits per heavy atom. The first-order chi connectivity index (χ1) is 10.6. The van der Waals surface area contributed by atoms with Crippen LogP contribution < -0.4 is 10.6 Å². The van der Waals surface area contributed by atoms with E-state index in [-0.39, 0.29) is 0 Å². The maximum Gasteiger partial charge on any atom is 0.405 e. The molecule has 1 aromatic heterocycles. The Hall–Kier alpha value is -2.09. The Morgan fingerprint density at radius 2 is 2.04 bits per heavy atom. The number of H-pyrrole nitrogens is 1. The number of unbranched alkanes of at least 4 members (excludes halogenated alkanes) is 1. The van der Waals surface area contributed by atoms with E-state index in [2.05, 4.69) is 20.8 Å². The highest BCUT2D eigenvalue weighted by Gasteiger charge is 2.51. The van der Waals surface area contributed by atoms with Crippen LogP contribution >= 0.6 is 0 Å². The Morgan fingerprint density at radius 3 is 2.48 bits per heavy atom. The van der Waals surface area contributed by atoms with Gasteiger partial charge < -0.3 is 20.8 Å². The molecule has 0 saturated carbocycles. The summed E-state index contributed by atoms with van der Waals surface area (Å²) >= 11 is 0. The SMILES string of the molecule is CCCCC(NC(=O)O)(C(O)C(=O)Nc1ccn[nH]1)C(C)(C)C. The Labute approximate surface area is 135 Å². The van der Waals surface area contributed by atoms with Gasteiger partial charge >= 0.3 is 6.09 Å². The van der Waals surface area contributed by atoms with Gasteiger partial charge in [-0.05, 0) is 11.8 Å². The summed E-state index contributed by atoms with van der Waals surface area (Å²) in [7, 11) is 0. The van der Waals surface area contributed by atoms with Gasteiger partial charge in [0.2, 0.25) is 0 Å². The van der Waals surface area contributed by atoms with Gasteiger partial charge in [-0.2, -0.15) is 5.10 Å². The van der Waals surface area contributed by atoms with Gasteiger partial charge in [-0.15, -0.1) is 0 Å². The lowest BCUT2D eigenvalue weighted by Crippen LogP contribution is -2.66. The number of carbonyl (C=O) groups excluding carboxylic acids is 1. The summed E-state index contributed by atoms with van der Waals surface area (Å²) in [6.07, 6.45) is 0.473. The van der Waals surface area contributed by atoms with E-state index in [0.717, 1.165) is 6.42 Å². The predicted molar refractivity (Wildman–Crippen MR) is 86.1 cm³/mol. The van der Waals surface area contributed by atoms with Crippen LogP contribution in [0.2, 0.25) is 0 Å². The van der Waals surface area contributed by atoms with Gasteiger partial charge in [-0.25, -0.2) is 4.79 Å². The molecule has 0 aliphatic heterocycles. The number of hydrogen-bond donors (Lipinski definition) is 5. The molecule has 2 atom stereocenters. The fourth-order valence-corrected chi connectivity index (χ4v) is 2.64. The van der Waals surface area contributed by atoms with Crippen LogP contribution in [0.4, 0.5) is 10.6 Å². The number of aliphatic hydroxyl groups is 1. The van der Waals surface area contributed by atoms with Crippen LogP contribution in [0.1, 0.15) is 47.0 Å². The second-order valence-electron chi connectivity index (χ2n) is 6.62. The van der Waals surface area contributed by atoms with Crippen molar-refractivity contribution in [1.29, 1.82) is 0 Å². The number of hydrogen-bond acceptors (Lipinski definition) is 4. The molecule has 1 heterocycles. The van der Waals surface area contributed by atoms with Crippen LogP contribution in [0.5, 0.6) is 0 Å². The lowest BCUT2D eigenvalue weighted by atomic mass is 9.67. The largest absolute Gasteiger partial charge is 0.465 e. The Bertz CT molecular complexity index is 524. The van der Waals surface area contributed by atoms with Gasteiger partial charge in [0, 0.05) is 6.07 Å². The number of aromatic amines is 1. The highest BCUT2D eigenvalue weighted by molar-refractivity contribution is 5.94. The van der Waals surface area contributed by atoms with Crippen LogP contribution in [-0.2, 0) is 4.79 Å². The van der Waals surface area contributed by atoms with Gasteiger partial charge in [-0.1, -0.05) is 40.5 Å². The number of carbonyl (C=O) groups is 2. The van der Waals surface area contributed by atoms with Gasteiger partial charge in [0.1, 0.15) is 5.82 Å². The van der Waals surface area contributed by atoms with Crippen LogP contribution in [-0.4, -0.2) is 44.1 Å². The number of aromatic nitrogens is 2. The molecule has 0 saturated heterocycles. The number of aliphatic hydroxyl groups excluding tert-OH is 1. The van der Waals surface area contributed by atoms with Crippen molar-refractivity contribution in [3.63, 3.8) is 0 Å². The molecule has 0 bridgehead atoms. The van der Waals surface area contributed by atoms with Crippen molar-refractivity contribution < 1.29 is 19.8 Å². The fraction of sp³-hybridized carbons (Fsp3) is 0.667. The van der Waals surface area contributed by atoms with E-state index < -0.39 is 29.1 Å². The number of nitrogens with one attached hydrogen (secondary N) is 3. The average molecular weight is 326 g/mol. The lowest BCUT2D eigenvalue weighted by molar-refractivity contribution is -0.132. The quantitative estimate of drug-likeness (QED) is 0.523. The molecule has 2 amide bonds. The van der Waals surface area contributed by atoms with Crippen molar-refractivity contribution in [2.75, 3.05) is 5.32 Å². The molecule has 130 valence electrons. The molecule has 2 unspecified atom stereocenters. The van der Waals surface area contributed by atoms with E-state index in [1.54, 1.807) is 26.8 Å². The highest BCUT2D eigenvalue weighted by Crippen LogP contribution is 2.38. The van der Waals surface area contributed by atoms with E-state index in [4.69, 9.17) is 0 Å². The van der Waals surface area contributed by atoms with Gasteiger partial charge in [0.05, 0.1) is 11.7 Å². The standard InChI is InChI=1S/C15H26N4O4/c1-5-6-8-15(14(2,3)4,18-13(22)23)11(20)12(21)17-10-7-9-16-19-10/h7,9,11,18,20H,5-6,8H2,1-4H3,(H,22,23)(H2,16,17,19,21). The summed E-state index contributed by atoms with van der Waals surface area (Å²) in [5, 5.41) is 31.1. The van der Waals surface area contributed by atoms with Crippen molar-refractivity contribution in [3.05, 3.63) is 12.3 Å². The lowest BCUT2D eigenvalue weighted by Gasteiger charge is -2.47. The molecular weight excluding hydrogens is 300 g/mol. The monoisotopic (exact) mass is 326 g/mol. The first-order valence-corrected chi connectivity index (χ1v) is 7.63. The van der Waals surface area contributed by atoms with E-state index >= 15 is 0 Å². The topological polar surface area (TPSA) is 127 Å². The van der Waals surface area contributed by atoms with Crippen molar-refractivity contribution in [2.45, 2.75) is 58.6 Å². The van der Waals surface area contributed by atoms with E-state index in [9.17, 15) is 19.8 Å². The zero-order valence-corrected chi connectivity index (χ0v) is 14.0.